The lowest BCUT2D eigenvalue weighted by atomic mass is 10.1. The Hall–Kier alpha value is -4.31. The van der Waals surface area contributed by atoms with Gasteiger partial charge in [0, 0.05) is 26.3 Å². The van der Waals surface area contributed by atoms with Gasteiger partial charge in [0.1, 0.15) is 48.2 Å². The third-order valence-corrected chi connectivity index (χ3v) is 11.0. The number of hydrogen-bond donors (Lipinski definition) is 8. The number of nitrogens with zero attached hydrogens (tertiary/aromatic N) is 7. The molecule has 0 aliphatic carbocycles. The Kier molecular flexibility index (Phi) is 15.7. The monoisotopic (exact) mass is 921 g/mol. The molecule has 344 valence electrons. The summed E-state index contributed by atoms with van der Waals surface area (Å²) in [6, 6.07) is -0.261. The van der Waals surface area contributed by atoms with E-state index in [0.717, 1.165) is 22.0 Å². The first-order valence-electron chi connectivity index (χ1n) is 18.7. The fraction of sp³-hybridized carbons (Fsp3) is 0.606. The summed E-state index contributed by atoms with van der Waals surface area (Å²) >= 11 is 0. The molecule has 0 aromatic carbocycles. The molecule has 10 N–H and O–H groups in total. The first kappa shape index (κ1) is 48.7. The molecule has 3 aromatic rings. The number of rotatable bonds is 21. The standard InChI is InChI=1S/C33H49N9O18P2/c1-5-6-7-21(43)40(4)17(12-54-11-9-33(2,3)48)31(46)59-25-18(57-30(23(25)44)42-16-38-22-27(35)36-15-37-28(22)42)14-56-62(52,53)60-26-19(13-55-61(49,50)51)58-29(24(26)45)41-10-8-20(34)39-32(41)47/h5,8,10,15-19,23-26,29-30,44-45,48H,1,6-7,9,11-14H2,2-4H3,(H,52,53)(H2,34,39,47)(H2,35,36,37)(H2,49,50,51)/t17-,18+,19+,23+,24+,25+,26+,29+,30+/m0/s1. The van der Waals surface area contributed by atoms with E-state index < -0.39 is 114 Å². The number of phosphoric acid groups is 2. The minimum absolute atomic E-state index is 0.0263. The SMILES string of the molecule is C=CCCC(=O)N(C)[C@@H](COCCC(C)(C)O)C(=O)O[C@H]1[C@@H](O)[C@H](n2cnc3c(N)ncnc32)O[C@@H]1COP(=O)(O)O[C@H]1[C@@H](O)[C@H](n2ccc(N)nc2=O)O[C@@H]1COP(=O)(O)O. The molecule has 2 fully saturated rings. The van der Waals surface area contributed by atoms with Crippen LogP contribution in [0.4, 0.5) is 11.6 Å². The van der Waals surface area contributed by atoms with E-state index in [0.29, 0.717) is 0 Å². The van der Waals surface area contributed by atoms with Gasteiger partial charge in [0.2, 0.25) is 5.91 Å². The molecule has 3 aromatic heterocycles. The molecule has 62 heavy (non-hydrogen) atoms. The van der Waals surface area contributed by atoms with E-state index in [2.05, 4.69) is 31.0 Å². The van der Waals surface area contributed by atoms with Crippen molar-refractivity contribution in [3.63, 3.8) is 0 Å². The maximum Gasteiger partial charge on any atom is 0.472 e. The van der Waals surface area contributed by atoms with Crippen LogP contribution in [0.1, 0.15) is 45.6 Å². The Labute approximate surface area is 352 Å². The number of aliphatic hydroxyl groups is 3. The number of ether oxygens (including phenoxy) is 4. The zero-order valence-electron chi connectivity index (χ0n) is 33.5. The van der Waals surface area contributed by atoms with Gasteiger partial charge in [0.15, 0.2) is 36.1 Å². The van der Waals surface area contributed by atoms with Crippen LogP contribution in [0.15, 0.2) is 42.4 Å². The van der Waals surface area contributed by atoms with Gasteiger partial charge in [-0.3, -0.25) is 27.5 Å². The fourth-order valence-corrected chi connectivity index (χ4v) is 7.59. The number of carbonyl (C=O) groups excluding carboxylic acids is 2. The van der Waals surface area contributed by atoms with E-state index in [1.807, 2.05) is 0 Å². The van der Waals surface area contributed by atoms with E-state index in [1.165, 1.54) is 30.1 Å². The summed E-state index contributed by atoms with van der Waals surface area (Å²) in [6.45, 7) is 4.23. The molecule has 29 heteroatoms. The van der Waals surface area contributed by atoms with Gasteiger partial charge in [0.25, 0.3) is 0 Å². The van der Waals surface area contributed by atoms with Crippen molar-refractivity contribution in [1.29, 1.82) is 0 Å². The first-order valence-corrected chi connectivity index (χ1v) is 21.7. The van der Waals surface area contributed by atoms with Crippen LogP contribution in [-0.2, 0) is 51.2 Å². The topological polar surface area (TPSA) is 388 Å². The predicted molar refractivity (Wildman–Crippen MR) is 209 cm³/mol. The Balaban J connectivity index is 1.40. The number of carbonyl (C=O) groups is 2. The molecule has 1 amide bonds. The third kappa shape index (κ3) is 12.2. The van der Waals surface area contributed by atoms with Gasteiger partial charge in [-0.15, -0.1) is 6.58 Å². The highest BCUT2D eigenvalue weighted by molar-refractivity contribution is 7.47. The van der Waals surface area contributed by atoms with Crippen LogP contribution in [0, 0.1) is 0 Å². The summed E-state index contributed by atoms with van der Waals surface area (Å²) in [6.07, 6.45) is -8.78. The normalized spacial score (nSPS) is 25.7. The molecule has 0 bridgehead atoms. The predicted octanol–water partition coefficient (Wildman–Crippen LogP) is -1.74. The lowest BCUT2D eigenvalue weighted by molar-refractivity contribution is -0.167. The second-order valence-electron chi connectivity index (χ2n) is 14.7. The molecule has 10 atom stereocenters. The summed E-state index contributed by atoms with van der Waals surface area (Å²) in [5.41, 5.74) is 9.50. The summed E-state index contributed by atoms with van der Waals surface area (Å²) in [7, 11) is -9.30. The van der Waals surface area contributed by atoms with E-state index in [1.54, 1.807) is 13.8 Å². The van der Waals surface area contributed by atoms with E-state index in [9.17, 15) is 53.5 Å². The quantitative estimate of drug-likeness (QED) is 0.0254. The number of anilines is 2. The van der Waals surface area contributed by atoms with Crippen LogP contribution in [0.2, 0.25) is 0 Å². The number of hydrogen-bond acceptors (Lipinski definition) is 21. The van der Waals surface area contributed by atoms with Crippen molar-refractivity contribution < 1.29 is 81.2 Å². The second-order valence-corrected chi connectivity index (χ2v) is 17.4. The van der Waals surface area contributed by atoms with Crippen LogP contribution >= 0.6 is 15.6 Å². The van der Waals surface area contributed by atoms with Crippen molar-refractivity contribution in [3.05, 3.63) is 48.1 Å². The first-order chi connectivity index (χ1) is 29.0. The number of amides is 1. The molecule has 5 rings (SSSR count). The van der Waals surface area contributed by atoms with Gasteiger partial charge in [-0.1, -0.05) is 6.08 Å². The molecule has 2 saturated heterocycles. The molecular weight excluding hydrogens is 872 g/mol. The summed E-state index contributed by atoms with van der Waals surface area (Å²) in [5, 5.41) is 33.0. The number of imidazole rings is 1. The fourth-order valence-electron chi connectivity index (χ4n) is 6.28. The van der Waals surface area contributed by atoms with Crippen molar-refractivity contribution in [3.8, 4) is 0 Å². The average molecular weight is 922 g/mol. The highest BCUT2D eigenvalue weighted by Crippen LogP contribution is 2.50. The number of nitrogens with two attached hydrogens (primary N) is 2. The highest BCUT2D eigenvalue weighted by Gasteiger charge is 2.52. The van der Waals surface area contributed by atoms with Crippen molar-refractivity contribution in [2.45, 2.75) is 93.8 Å². The highest BCUT2D eigenvalue weighted by atomic mass is 31.2. The number of nitrogen functional groups attached to an aromatic ring is 2. The minimum atomic E-state index is -5.44. The number of likely N-dealkylation sites (N-methyl/N-ethyl adjacent to an activating group) is 1. The summed E-state index contributed by atoms with van der Waals surface area (Å²) < 4.78 is 65.1. The number of phosphoric ester groups is 2. The maximum atomic E-state index is 14.0. The van der Waals surface area contributed by atoms with E-state index >= 15 is 0 Å². The molecule has 5 heterocycles. The molecule has 2 aliphatic rings. The van der Waals surface area contributed by atoms with Crippen LogP contribution in [0.25, 0.3) is 11.2 Å². The Morgan fingerprint density at radius 1 is 1.03 bits per heavy atom. The molecule has 0 radical (unpaired) electrons. The largest absolute Gasteiger partial charge is 0.472 e. The number of allylic oxidation sites excluding steroid dienone is 1. The Bertz CT molecular complexity index is 2220. The lowest BCUT2D eigenvalue weighted by Gasteiger charge is -2.30. The van der Waals surface area contributed by atoms with Gasteiger partial charge in [0.05, 0.1) is 31.7 Å². The van der Waals surface area contributed by atoms with Crippen molar-refractivity contribution in [1.82, 2.24) is 34.0 Å². The van der Waals surface area contributed by atoms with Crippen molar-refractivity contribution >= 4 is 50.3 Å². The third-order valence-electron chi connectivity index (χ3n) is 9.55. The number of aromatic nitrogens is 6. The minimum Gasteiger partial charge on any atom is -0.455 e. The molecule has 0 saturated carbocycles. The van der Waals surface area contributed by atoms with Crippen LogP contribution in [0.3, 0.4) is 0 Å². The summed E-state index contributed by atoms with van der Waals surface area (Å²) in [4.78, 5) is 85.9. The molecule has 27 nitrogen and oxygen atoms in total. The molecule has 0 spiro atoms. The van der Waals surface area contributed by atoms with Gasteiger partial charge >= 0.3 is 27.3 Å². The number of esters is 1. The second kappa shape index (κ2) is 20.0. The Morgan fingerprint density at radius 3 is 2.32 bits per heavy atom. The van der Waals surface area contributed by atoms with Crippen molar-refractivity contribution in [2.24, 2.45) is 0 Å². The average Bonchev–Trinajstić information content (AvgIpc) is 3.84. The smallest absolute Gasteiger partial charge is 0.455 e. The number of fused-ring (bicyclic) bond motifs is 1. The van der Waals surface area contributed by atoms with Crippen LogP contribution in [0.5, 0.6) is 0 Å². The van der Waals surface area contributed by atoms with Gasteiger partial charge < -0.3 is 65.3 Å². The Morgan fingerprint density at radius 2 is 1.68 bits per heavy atom. The zero-order chi connectivity index (χ0) is 45.7. The van der Waals surface area contributed by atoms with Gasteiger partial charge in [-0.05, 0) is 32.8 Å². The van der Waals surface area contributed by atoms with Crippen LogP contribution < -0.4 is 17.2 Å². The molecule has 1 unspecified atom stereocenters. The van der Waals surface area contributed by atoms with Gasteiger partial charge in [-0.2, -0.15) is 4.98 Å². The zero-order valence-corrected chi connectivity index (χ0v) is 35.3. The van der Waals surface area contributed by atoms with Gasteiger partial charge in [-0.25, -0.2) is 33.7 Å². The van der Waals surface area contributed by atoms with E-state index in [-0.39, 0.29) is 48.7 Å². The molecular formula is C33H49N9O18P2. The lowest BCUT2D eigenvalue weighted by Crippen LogP contribution is -2.49. The number of aliphatic hydroxyl groups excluding tert-OH is 2. The molecule has 2 aliphatic heterocycles. The summed E-state index contributed by atoms with van der Waals surface area (Å²) in [5.74, 6) is -1.83. The maximum absolute atomic E-state index is 14.0. The van der Waals surface area contributed by atoms with Crippen molar-refractivity contribution in [2.75, 3.05) is 44.9 Å². The van der Waals surface area contributed by atoms with Crippen LogP contribution in [-0.4, -0.2) is 158 Å². The van der Waals surface area contributed by atoms with E-state index in [4.69, 9.17) is 39.5 Å².